The summed E-state index contributed by atoms with van der Waals surface area (Å²) >= 11 is 0. The number of rotatable bonds is 5. The third kappa shape index (κ3) is 3.95. The van der Waals surface area contributed by atoms with Crippen LogP contribution in [-0.4, -0.2) is 26.4 Å². The fourth-order valence-electron chi connectivity index (χ4n) is 1.99. The van der Waals surface area contributed by atoms with Crippen LogP contribution in [0.5, 0.6) is 0 Å². The summed E-state index contributed by atoms with van der Waals surface area (Å²) in [5.41, 5.74) is 3.16. The number of ether oxygens (including phenoxy) is 1. The van der Waals surface area contributed by atoms with Gasteiger partial charge in [0.25, 0.3) is 0 Å². The van der Waals surface area contributed by atoms with E-state index in [1.54, 1.807) is 7.11 Å². The molecule has 14 heavy (non-hydrogen) atoms. The molecular weight excluding hydrogens is 178 g/mol. The van der Waals surface area contributed by atoms with Crippen molar-refractivity contribution in [2.24, 2.45) is 11.8 Å². The van der Waals surface area contributed by atoms with Gasteiger partial charge in [-0.2, -0.15) is 5.48 Å². The maximum Gasteiger partial charge on any atom is 0.0915 e. The van der Waals surface area contributed by atoms with E-state index in [1.807, 2.05) is 0 Å². The van der Waals surface area contributed by atoms with E-state index in [0.717, 1.165) is 11.8 Å². The van der Waals surface area contributed by atoms with Crippen molar-refractivity contribution in [3.63, 3.8) is 0 Å². The van der Waals surface area contributed by atoms with Gasteiger partial charge in [-0.15, -0.1) is 0 Å². The lowest BCUT2D eigenvalue weighted by molar-refractivity contribution is -0.0328. The van der Waals surface area contributed by atoms with Crippen LogP contribution in [0.2, 0.25) is 0 Å². The van der Waals surface area contributed by atoms with E-state index in [-0.39, 0.29) is 0 Å². The van der Waals surface area contributed by atoms with E-state index in [2.05, 4.69) is 19.3 Å². The molecule has 1 saturated carbocycles. The summed E-state index contributed by atoms with van der Waals surface area (Å²) < 4.78 is 4.91. The average Bonchev–Trinajstić information content (AvgIpc) is 2.18. The second kappa shape index (κ2) is 6.38. The molecule has 0 amide bonds. The Morgan fingerprint density at radius 2 is 2.00 bits per heavy atom. The predicted octanol–water partition coefficient (Wildman–Crippen LogP) is 1.98. The molecule has 3 unspecified atom stereocenters. The van der Waals surface area contributed by atoms with E-state index in [4.69, 9.17) is 9.57 Å². The first-order chi connectivity index (χ1) is 6.74. The topological polar surface area (TPSA) is 30.5 Å². The van der Waals surface area contributed by atoms with Gasteiger partial charge in [-0.05, 0) is 24.7 Å². The predicted molar refractivity (Wildman–Crippen MR) is 56.9 cm³/mol. The monoisotopic (exact) mass is 201 g/mol. The van der Waals surface area contributed by atoms with Crippen LogP contribution in [0.15, 0.2) is 0 Å². The zero-order valence-corrected chi connectivity index (χ0v) is 9.58. The van der Waals surface area contributed by atoms with Crippen LogP contribution >= 0.6 is 0 Å². The van der Waals surface area contributed by atoms with Crippen LogP contribution in [0.4, 0.5) is 0 Å². The molecule has 0 aromatic carbocycles. The molecule has 1 aliphatic rings. The Balaban J connectivity index is 2.14. The minimum Gasteiger partial charge on any atom is -0.382 e. The van der Waals surface area contributed by atoms with E-state index < -0.39 is 0 Å². The molecule has 0 aromatic rings. The average molecular weight is 201 g/mol. The lowest BCUT2D eigenvalue weighted by Crippen LogP contribution is -2.39. The molecule has 1 rings (SSSR count). The van der Waals surface area contributed by atoms with Gasteiger partial charge in [-0.1, -0.05) is 20.3 Å². The fraction of sp³-hybridized carbons (Fsp3) is 1.00. The van der Waals surface area contributed by atoms with Gasteiger partial charge >= 0.3 is 0 Å². The maximum absolute atomic E-state index is 5.36. The third-order valence-corrected chi connectivity index (χ3v) is 3.08. The minimum absolute atomic E-state index is 0.524. The number of hydrogen-bond acceptors (Lipinski definition) is 3. The lowest BCUT2D eigenvalue weighted by atomic mass is 9.80. The van der Waals surface area contributed by atoms with Crippen LogP contribution in [0, 0.1) is 11.8 Å². The molecule has 0 aliphatic heterocycles. The molecule has 84 valence electrons. The number of hydrogen-bond donors (Lipinski definition) is 1. The Morgan fingerprint density at radius 1 is 1.21 bits per heavy atom. The molecule has 3 atom stereocenters. The molecule has 0 spiro atoms. The summed E-state index contributed by atoms with van der Waals surface area (Å²) in [7, 11) is 1.69. The summed E-state index contributed by atoms with van der Waals surface area (Å²) in [6.45, 7) is 5.90. The van der Waals surface area contributed by atoms with Crippen molar-refractivity contribution in [1.82, 2.24) is 5.48 Å². The zero-order chi connectivity index (χ0) is 10.4. The van der Waals surface area contributed by atoms with Crippen molar-refractivity contribution in [2.45, 2.75) is 39.2 Å². The number of nitrogens with one attached hydrogen (secondary N) is 1. The Labute approximate surface area is 87.1 Å². The van der Waals surface area contributed by atoms with Gasteiger partial charge in [-0.3, -0.25) is 4.84 Å². The summed E-state index contributed by atoms with van der Waals surface area (Å²) in [5, 5.41) is 0. The van der Waals surface area contributed by atoms with Crippen molar-refractivity contribution >= 4 is 0 Å². The standard InChI is InChI=1S/C11H23NO2/c1-9-4-5-10(2)11(8-9)12-14-7-6-13-3/h9-12H,4-8H2,1-3H3. The van der Waals surface area contributed by atoms with Crippen molar-refractivity contribution < 1.29 is 9.57 Å². The van der Waals surface area contributed by atoms with E-state index in [0.29, 0.717) is 19.3 Å². The Morgan fingerprint density at radius 3 is 2.71 bits per heavy atom. The van der Waals surface area contributed by atoms with Gasteiger partial charge in [0.2, 0.25) is 0 Å². The van der Waals surface area contributed by atoms with Gasteiger partial charge in [0.15, 0.2) is 0 Å². The van der Waals surface area contributed by atoms with Crippen LogP contribution in [-0.2, 0) is 9.57 Å². The zero-order valence-electron chi connectivity index (χ0n) is 9.58. The van der Waals surface area contributed by atoms with Crippen LogP contribution in [0.3, 0.4) is 0 Å². The Kier molecular flexibility index (Phi) is 5.45. The van der Waals surface area contributed by atoms with Crippen LogP contribution < -0.4 is 5.48 Å². The molecule has 0 saturated heterocycles. The first-order valence-electron chi connectivity index (χ1n) is 5.60. The highest BCUT2D eigenvalue weighted by Crippen LogP contribution is 2.28. The Hall–Kier alpha value is -0.120. The van der Waals surface area contributed by atoms with Crippen molar-refractivity contribution in [3.8, 4) is 0 Å². The van der Waals surface area contributed by atoms with E-state index in [1.165, 1.54) is 19.3 Å². The van der Waals surface area contributed by atoms with E-state index >= 15 is 0 Å². The molecule has 1 aliphatic carbocycles. The molecule has 0 radical (unpaired) electrons. The minimum atomic E-state index is 0.524. The highest BCUT2D eigenvalue weighted by atomic mass is 16.7. The SMILES string of the molecule is COCCONC1CC(C)CCC1C. The normalized spacial score (nSPS) is 33.2. The van der Waals surface area contributed by atoms with Gasteiger partial charge in [0.1, 0.15) is 0 Å². The summed E-state index contributed by atoms with van der Waals surface area (Å²) in [6.07, 6.45) is 3.90. The lowest BCUT2D eigenvalue weighted by Gasteiger charge is -2.32. The number of methoxy groups -OCH3 is 1. The molecule has 0 heterocycles. The molecule has 0 bridgehead atoms. The van der Waals surface area contributed by atoms with Gasteiger partial charge in [0.05, 0.1) is 13.2 Å². The smallest absolute Gasteiger partial charge is 0.0915 e. The van der Waals surface area contributed by atoms with Crippen LogP contribution in [0.25, 0.3) is 0 Å². The second-order valence-corrected chi connectivity index (χ2v) is 4.46. The first kappa shape index (κ1) is 12.0. The molecule has 3 heteroatoms. The molecule has 1 N–H and O–H groups in total. The van der Waals surface area contributed by atoms with Crippen molar-refractivity contribution in [2.75, 3.05) is 20.3 Å². The van der Waals surface area contributed by atoms with Gasteiger partial charge in [0, 0.05) is 13.2 Å². The largest absolute Gasteiger partial charge is 0.382 e. The quantitative estimate of drug-likeness (QED) is 0.545. The van der Waals surface area contributed by atoms with Gasteiger partial charge in [-0.25, -0.2) is 0 Å². The molecule has 1 fully saturated rings. The Bertz CT molecular complexity index is 152. The summed E-state index contributed by atoms with van der Waals surface area (Å²) in [5.74, 6) is 1.56. The fourth-order valence-corrected chi connectivity index (χ4v) is 1.99. The maximum atomic E-state index is 5.36. The molecule has 0 aromatic heterocycles. The third-order valence-electron chi connectivity index (χ3n) is 3.08. The van der Waals surface area contributed by atoms with Crippen molar-refractivity contribution in [1.29, 1.82) is 0 Å². The molecular formula is C11H23NO2. The highest BCUT2D eigenvalue weighted by Gasteiger charge is 2.25. The highest BCUT2D eigenvalue weighted by molar-refractivity contribution is 4.78. The molecule has 3 nitrogen and oxygen atoms in total. The second-order valence-electron chi connectivity index (χ2n) is 4.46. The summed E-state index contributed by atoms with van der Waals surface area (Å²) in [4.78, 5) is 5.36. The summed E-state index contributed by atoms with van der Waals surface area (Å²) in [6, 6.07) is 0.524. The van der Waals surface area contributed by atoms with Crippen LogP contribution in [0.1, 0.15) is 33.1 Å². The van der Waals surface area contributed by atoms with Gasteiger partial charge < -0.3 is 4.74 Å². The van der Waals surface area contributed by atoms with Crippen molar-refractivity contribution in [3.05, 3.63) is 0 Å². The van der Waals surface area contributed by atoms with E-state index in [9.17, 15) is 0 Å². The first-order valence-corrected chi connectivity index (χ1v) is 5.60. The number of hydroxylamine groups is 1.